The van der Waals surface area contributed by atoms with E-state index in [4.69, 9.17) is 14.5 Å². The summed E-state index contributed by atoms with van der Waals surface area (Å²) in [6, 6.07) is 10.3. The second kappa shape index (κ2) is 12.9. The highest BCUT2D eigenvalue weighted by Crippen LogP contribution is 2.17. The number of para-hydroxylation sites is 1. The number of rotatable bonds is 9. The van der Waals surface area contributed by atoms with E-state index in [2.05, 4.69) is 47.8 Å². The van der Waals surface area contributed by atoms with E-state index in [9.17, 15) is 0 Å². The molecule has 1 unspecified atom stereocenters. The molecule has 1 aromatic heterocycles. The van der Waals surface area contributed by atoms with Gasteiger partial charge in [-0.1, -0.05) is 18.2 Å². The third-order valence-electron chi connectivity index (χ3n) is 4.85. The predicted molar refractivity (Wildman–Crippen MR) is 131 cm³/mol. The van der Waals surface area contributed by atoms with Crippen LogP contribution < -0.4 is 10.6 Å². The van der Waals surface area contributed by atoms with Gasteiger partial charge < -0.3 is 20.1 Å². The number of ether oxygens (including phenoxy) is 2. The topological polar surface area (TPSA) is 72.7 Å². The molecule has 0 bridgehead atoms. The van der Waals surface area contributed by atoms with Gasteiger partial charge in [0, 0.05) is 25.4 Å². The quantitative estimate of drug-likeness (QED) is 0.227. The molecule has 1 fully saturated rings. The zero-order chi connectivity index (χ0) is 20.5. The van der Waals surface area contributed by atoms with Crippen molar-refractivity contribution in [1.82, 2.24) is 20.4 Å². The number of hydrogen-bond acceptors (Lipinski definition) is 4. The molecule has 1 aliphatic heterocycles. The van der Waals surface area contributed by atoms with Crippen molar-refractivity contribution in [2.24, 2.45) is 4.99 Å². The first kappa shape index (κ1) is 24.6. The SMILES string of the molecule is CCNC(=NCc1ccccc1-n1nc(C)cc1C)NCCOCC1CCCO1.I. The molecule has 1 atom stereocenters. The molecule has 7 nitrogen and oxygen atoms in total. The summed E-state index contributed by atoms with van der Waals surface area (Å²) in [4.78, 5) is 4.75. The molecule has 2 heterocycles. The molecule has 8 heteroatoms. The van der Waals surface area contributed by atoms with Gasteiger partial charge in [0.2, 0.25) is 0 Å². The molecule has 2 N–H and O–H groups in total. The zero-order valence-corrected chi connectivity index (χ0v) is 20.5. The lowest BCUT2D eigenvalue weighted by Crippen LogP contribution is -2.39. The highest BCUT2D eigenvalue weighted by molar-refractivity contribution is 14.0. The Kier molecular flexibility index (Phi) is 10.6. The summed E-state index contributed by atoms with van der Waals surface area (Å²) in [5.74, 6) is 0.788. The van der Waals surface area contributed by atoms with Crippen LogP contribution in [0, 0.1) is 13.8 Å². The van der Waals surface area contributed by atoms with Gasteiger partial charge in [-0.3, -0.25) is 0 Å². The van der Waals surface area contributed by atoms with Crippen LogP contribution in [0.1, 0.15) is 36.7 Å². The largest absolute Gasteiger partial charge is 0.377 e. The molecule has 1 saturated heterocycles. The maximum atomic E-state index is 5.72. The third-order valence-corrected chi connectivity index (χ3v) is 4.85. The monoisotopic (exact) mass is 527 g/mol. The number of aryl methyl sites for hydroxylation is 2. The van der Waals surface area contributed by atoms with Gasteiger partial charge in [0.05, 0.1) is 37.2 Å². The Morgan fingerprint density at radius 1 is 1.30 bits per heavy atom. The first-order valence-electron chi connectivity index (χ1n) is 10.5. The van der Waals surface area contributed by atoms with Crippen molar-refractivity contribution in [3.8, 4) is 5.69 Å². The molecule has 0 spiro atoms. The van der Waals surface area contributed by atoms with Crippen LogP contribution in [0.15, 0.2) is 35.3 Å². The van der Waals surface area contributed by atoms with Crippen molar-refractivity contribution < 1.29 is 9.47 Å². The summed E-state index contributed by atoms with van der Waals surface area (Å²) >= 11 is 0. The minimum atomic E-state index is 0. The number of guanidine groups is 1. The van der Waals surface area contributed by atoms with Crippen LogP contribution in [-0.4, -0.2) is 54.8 Å². The fourth-order valence-electron chi connectivity index (χ4n) is 3.46. The van der Waals surface area contributed by atoms with Crippen LogP contribution in [0.25, 0.3) is 5.69 Å². The summed E-state index contributed by atoms with van der Waals surface area (Å²) in [5, 5.41) is 11.3. The molecule has 2 aromatic rings. The molecule has 1 aliphatic rings. The van der Waals surface area contributed by atoms with E-state index in [1.165, 1.54) is 0 Å². The minimum absolute atomic E-state index is 0. The number of nitrogens with one attached hydrogen (secondary N) is 2. The van der Waals surface area contributed by atoms with E-state index in [-0.39, 0.29) is 30.1 Å². The molecule has 0 aliphatic carbocycles. The average Bonchev–Trinajstić information content (AvgIpc) is 3.35. The fraction of sp³-hybridized carbons (Fsp3) is 0.545. The van der Waals surface area contributed by atoms with Crippen LogP contribution >= 0.6 is 24.0 Å². The molecule has 0 radical (unpaired) electrons. The van der Waals surface area contributed by atoms with Crippen LogP contribution in [-0.2, 0) is 16.0 Å². The van der Waals surface area contributed by atoms with Crippen LogP contribution in [0.4, 0.5) is 0 Å². The Morgan fingerprint density at radius 3 is 2.83 bits per heavy atom. The zero-order valence-electron chi connectivity index (χ0n) is 18.2. The minimum Gasteiger partial charge on any atom is -0.377 e. The van der Waals surface area contributed by atoms with Crippen molar-refractivity contribution in [2.75, 3.05) is 32.9 Å². The lowest BCUT2D eigenvalue weighted by molar-refractivity contribution is 0.0191. The van der Waals surface area contributed by atoms with Gasteiger partial charge in [-0.25, -0.2) is 9.67 Å². The van der Waals surface area contributed by atoms with Crippen molar-refractivity contribution in [3.63, 3.8) is 0 Å². The second-order valence-electron chi connectivity index (χ2n) is 7.30. The average molecular weight is 527 g/mol. The van der Waals surface area contributed by atoms with E-state index in [1.54, 1.807) is 0 Å². The molecule has 166 valence electrons. The van der Waals surface area contributed by atoms with Crippen molar-refractivity contribution in [2.45, 2.75) is 46.3 Å². The van der Waals surface area contributed by atoms with E-state index in [0.29, 0.717) is 26.3 Å². The van der Waals surface area contributed by atoms with Gasteiger partial charge in [0.15, 0.2) is 5.96 Å². The molecule has 0 saturated carbocycles. The number of hydrogen-bond donors (Lipinski definition) is 2. The maximum absolute atomic E-state index is 5.72. The van der Waals surface area contributed by atoms with Crippen LogP contribution in [0.2, 0.25) is 0 Å². The Balaban J connectivity index is 0.00000320. The Labute approximate surface area is 196 Å². The van der Waals surface area contributed by atoms with Gasteiger partial charge in [-0.2, -0.15) is 5.10 Å². The highest BCUT2D eigenvalue weighted by Gasteiger charge is 2.15. The van der Waals surface area contributed by atoms with Crippen LogP contribution in [0.5, 0.6) is 0 Å². The second-order valence-corrected chi connectivity index (χ2v) is 7.30. The lowest BCUT2D eigenvalue weighted by atomic mass is 10.2. The first-order chi connectivity index (χ1) is 14.2. The number of aliphatic imine (C=N–C) groups is 1. The Hall–Kier alpha value is -1.65. The van der Waals surface area contributed by atoms with Crippen molar-refractivity contribution >= 4 is 29.9 Å². The summed E-state index contributed by atoms with van der Waals surface area (Å²) < 4.78 is 13.3. The number of nitrogens with zero attached hydrogens (tertiary/aromatic N) is 3. The maximum Gasteiger partial charge on any atom is 0.191 e. The highest BCUT2D eigenvalue weighted by atomic mass is 127. The predicted octanol–water partition coefficient (Wildman–Crippen LogP) is 3.36. The van der Waals surface area contributed by atoms with Crippen molar-refractivity contribution in [3.05, 3.63) is 47.3 Å². The normalized spacial score (nSPS) is 16.4. The van der Waals surface area contributed by atoms with E-state index >= 15 is 0 Å². The first-order valence-corrected chi connectivity index (χ1v) is 10.5. The number of halogens is 1. The smallest absolute Gasteiger partial charge is 0.191 e. The van der Waals surface area contributed by atoms with Gasteiger partial charge in [-0.05, 0) is 51.3 Å². The summed E-state index contributed by atoms with van der Waals surface area (Å²) in [7, 11) is 0. The summed E-state index contributed by atoms with van der Waals surface area (Å²) in [6.45, 7) is 10.4. The van der Waals surface area contributed by atoms with Gasteiger partial charge in [0.25, 0.3) is 0 Å². The van der Waals surface area contributed by atoms with E-state index < -0.39 is 0 Å². The molecular weight excluding hydrogens is 493 g/mol. The fourth-order valence-corrected chi connectivity index (χ4v) is 3.46. The van der Waals surface area contributed by atoms with Crippen molar-refractivity contribution in [1.29, 1.82) is 0 Å². The molecule has 3 rings (SSSR count). The molecule has 1 aromatic carbocycles. The Bertz CT molecular complexity index is 803. The van der Waals surface area contributed by atoms with E-state index in [1.807, 2.05) is 23.7 Å². The third kappa shape index (κ3) is 7.24. The number of aromatic nitrogens is 2. The lowest BCUT2D eigenvalue weighted by Gasteiger charge is -2.14. The van der Waals surface area contributed by atoms with Gasteiger partial charge in [0.1, 0.15) is 0 Å². The molecule has 0 amide bonds. The molecule has 30 heavy (non-hydrogen) atoms. The Morgan fingerprint density at radius 2 is 2.13 bits per heavy atom. The van der Waals surface area contributed by atoms with Crippen LogP contribution in [0.3, 0.4) is 0 Å². The number of benzene rings is 1. The summed E-state index contributed by atoms with van der Waals surface area (Å²) in [5.41, 5.74) is 4.33. The van der Waals surface area contributed by atoms with E-state index in [0.717, 1.165) is 54.6 Å². The standard InChI is InChI=1S/C22H33N5O2.HI/c1-4-23-22(24-11-13-28-16-20-9-7-12-29-20)25-15-19-8-5-6-10-21(19)27-18(3)14-17(2)26-27;/h5-6,8,10,14,20H,4,7,9,11-13,15-16H2,1-3H3,(H2,23,24,25);1H. The van der Waals surface area contributed by atoms with Gasteiger partial charge >= 0.3 is 0 Å². The summed E-state index contributed by atoms with van der Waals surface area (Å²) in [6.07, 6.45) is 2.51. The molecular formula is C22H34IN5O2. The van der Waals surface area contributed by atoms with Gasteiger partial charge in [-0.15, -0.1) is 24.0 Å².